The Bertz CT molecular complexity index is 389. The highest BCUT2D eigenvalue weighted by atomic mass is 32.2. The molecule has 0 radical (unpaired) electrons. The van der Waals surface area contributed by atoms with E-state index in [-0.39, 0.29) is 6.10 Å². The fourth-order valence-corrected chi connectivity index (χ4v) is 2.81. The first-order valence-electron chi connectivity index (χ1n) is 5.81. The van der Waals surface area contributed by atoms with E-state index in [1.807, 2.05) is 0 Å². The Kier molecular flexibility index (Phi) is 4.31. The second-order valence-electron chi connectivity index (χ2n) is 4.13. The van der Waals surface area contributed by atoms with Crippen LogP contribution in [-0.4, -0.2) is 33.1 Å². The number of morpholine rings is 1. The third kappa shape index (κ3) is 2.76. The molecule has 1 N–H and O–H groups in total. The highest BCUT2D eigenvalue weighted by Crippen LogP contribution is 2.34. The van der Waals surface area contributed by atoms with Crippen molar-refractivity contribution in [1.29, 1.82) is 0 Å². The zero-order chi connectivity index (χ0) is 12.3. The quantitative estimate of drug-likeness (QED) is 0.838. The molecule has 94 valence electrons. The summed E-state index contributed by atoms with van der Waals surface area (Å²) in [6.45, 7) is 4.66. The highest BCUT2D eigenvalue weighted by molar-refractivity contribution is 7.98. The van der Waals surface area contributed by atoms with E-state index in [9.17, 15) is 0 Å². The Balaban J connectivity index is 2.35. The van der Waals surface area contributed by atoms with Gasteiger partial charge in [-0.3, -0.25) is 0 Å². The van der Waals surface area contributed by atoms with Crippen molar-refractivity contribution >= 4 is 11.8 Å². The van der Waals surface area contributed by atoms with Crippen LogP contribution in [0.2, 0.25) is 0 Å². The molecule has 2 rings (SSSR count). The molecule has 0 amide bonds. The molecule has 0 aliphatic carbocycles. The fraction of sp³-hybridized carbons (Fsp3) is 0.538. The number of hydrogen-bond acceptors (Lipinski definition) is 4. The summed E-state index contributed by atoms with van der Waals surface area (Å²) in [6, 6.07) is 4.29. The van der Waals surface area contributed by atoms with Crippen LogP contribution >= 0.6 is 11.8 Å². The molecule has 1 saturated heterocycles. The average molecular weight is 253 g/mol. The highest BCUT2D eigenvalue weighted by Gasteiger charge is 2.20. The maximum atomic E-state index is 5.81. The smallest absolute Gasteiger partial charge is 0.122 e. The van der Waals surface area contributed by atoms with Crippen LogP contribution in [0.4, 0.5) is 0 Å². The molecule has 0 bridgehead atoms. The molecule has 17 heavy (non-hydrogen) atoms. The van der Waals surface area contributed by atoms with Crippen LogP contribution in [0.15, 0.2) is 17.0 Å². The van der Waals surface area contributed by atoms with Crippen LogP contribution in [-0.2, 0) is 4.74 Å². The molecule has 4 heteroatoms. The third-order valence-corrected chi connectivity index (χ3v) is 3.82. The molecule has 1 aromatic carbocycles. The standard InChI is InChI=1S/C13H19NO2S/c1-9-6-13(17-3)10(7-11(9)15-2)12-8-14-4-5-16-12/h6-7,12,14H,4-5,8H2,1-3H3. The van der Waals surface area contributed by atoms with Gasteiger partial charge in [0, 0.05) is 18.0 Å². The molecule has 0 saturated carbocycles. The van der Waals surface area contributed by atoms with Gasteiger partial charge in [-0.05, 0) is 36.4 Å². The van der Waals surface area contributed by atoms with Gasteiger partial charge in [0.05, 0.1) is 19.8 Å². The van der Waals surface area contributed by atoms with Gasteiger partial charge in [-0.1, -0.05) is 0 Å². The summed E-state index contributed by atoms with van der Waals surface area (Å²) in [5, 5.41) is 3.36. The van der Waals surface area contributed by atoms with Gasteiger partial charge < -0.3 is 14.8 Å². The molecule has 1 aromatic rings. The van der Waals surface area contributed by atoms with Gasteiger partial charge in [0.1, 0.15) is 5.75 Å². The van der Waals surface area contributed by atoms with E-state index in [4.69, 9.17) is 9.47 Å². The molecule has 3 nitrogen and oxygen atoms in total. The minimum atomic E-state index is 0.140. The second kappa shape index (κ2) is 5.76. The first-order chi connectivity index (χ1) is 8.26. The zero-order valence-electron chi connectivity index (χ0n) is 10.6. The van der Waals surface area contributed by atoms with Gasteiger partial charge in [0.2, 0.25) is 0 Å². The van der Waals surface area contributed by atoms with Crippen molar-refractivity contribution in [3.63, 3.8) is 0 Å². The van der Waals surface area contributed by atoms with Gasteiger partial charge in [-0.2, -0.15) is 0 Å². The topological polar surface area (TPSA) is 30.5 Å². The van der Waals surface area contributed by atoms with Gasteiger partial charge in [0.25, 0.3) is 0 Å². The summed E-state index contributed by atoms with van der Waals surface area (Å²) in [7, 11) is 1.71. The van der Waals surface area contributed by atoms with E-state index in [0.29, 0.717) is 0 Å². The molecule has 1 aliphatic heterocycles. The van der Waals surface area contributed by atoms with Crippen molar-refractivity contribution in [3.8, 4) is 5.75 Å². The lowest BCUT2D eigenvalue weighted by molar-refractivity contribution is 0.0260. The van der Waals surface area contributed by atoms with Gasteiger partial charge in [-0.25, -0.2) is 0 Å². The van der Waals surface area contributed by atoms with Crippen molar-refractivity contribution in [1.82, 2.24) is 5.32 Å². The van der Waals surface area contributed by atoms with Crippen molar-refractivity contribution in [3.05, 3.63) is 23.3 Å². The summed E-state index contributed by atoms with van der Waals surface area (Å²) in [4.78, 5) is 1.28. The van der Waals surface area contributed by atoms with E-state index in [0.717, 1.165) is 25.4 Å². The number of rotatable bonds is 3. The molecule has 0 aromatic heterocycles. The van der Waals surface area contributed by atoms with Crippen molar-refractivity contribution in [2.24, 2.45) is 0 Å². The van der Waals surface area contributed by atoms with Crippen molar-refractivity contribution < 1.29 is 9.47 Å². The van der Waals surface area contributed by atoms with E-state index in [1.165, 1.54) is 16.0 Å². The van der Waals surface area contributed by atoms with Crippen LogP contribution in [0, 0.1) is 6.92 Å². The maximum Gasteiger partial charge on any atom is 0.122 e. The normalized spacial score (nSPS) is 20.3. The summed E-state index contributed by atoms with van der Waals surface area (Å²) >= 11 is 1.76. The molecule has 1 unspecified atom stereocenters. The second-order valence-corrected chi connectivity index (χ2v) is 4.98. The predicted octanol–water partition coefficient (Wildman–Crippen LogP) is 2.39. The fourth-order valence-electron chi connectivity index (χ4n) is 2.09. The Labute approximate surface area is 107 Å². The number of benzene rings is 1. The lowest BCUT2D eigenvalue weighted by atomic mass is 10.1. The Morgan fingerprint density at radius 2 is 2.29 bits per heavy atom. The Morgan fingerprint density at radius 1 is 1.47 bits per heavy atom. The number of methoxy groups -OCH3 is 1. The van der Waals surface area contributed by atoms with E-state index >= 15 is 0 Å². The van der Waals surface area contributed by atoms with Crippen LogP contribution in [0.1, 0.15) is 17.2 Å². The van der Waals surface area contributed by atoms with E-state index in [2.05, 4.69) is 30.6 Å². The van der Waals surface area contributed by atoms with Crippen LogP contribution < -0.4 is 10.1 Å². The lowest BCUT2D eigenvalue weighted by Gasteiger charge is -2.26. The SMILES string of the molecule is COc1cc(C2CNCCO2)c(SC)cc1C. The van der Waals surface area contributed by atoms with Crippen LogP contribution in [0.3, 0.4) is 0 Å². The van der Waals surface area contributed by atoms with Crippen LogP contribution in [0.25, 0.3) is 0 Å². The van der Waals surface area contributed by atoms with Crippen LogP contribution in [0.5, 0.6) is 5.75 Å². The van der Waals surface area contributed by atoms with Gasteiger partial charge in [0.15, 0.2) is 0 Å². The van der Waals surface area contributed by atoms with Crippen molar-refractivity contribution in [2.45, 2.75) is 17.9 Å². The first kappa shape index (κ1) is 12.7. The summed E-state index contributed by atoms with van der Waals surface area (Å²) < 4.78 is 11.2. The molecule has 1 heterocycles. The third-order valence-electron chi connectivity index (χ3n) is 3.02. The largest absolute Gasteiger partial charge is 0.496 e. The van der Waals surface area contributed by atoms with E-state index < -0.39 is 0 Å². The molecular formula is C13H19NO2S. The van der Waals surface area contributed by atoms with Gasteiger partial charge >= 0.3 is 0 Å². The van der Waals surface area contributed by atoms with Gasteiger partial charge in [-0.15, -0.1) is 11.8 Å². The summed E-state index contributed by atoms with van der Waals surface area (Å²) in [6.07, 6.45) is 2.24. The number of hydrogen-bond donors (Lipinski definition) is 1. The number of nitrogens with one attached hydrogen (secondary N) is 1. The van der Waals surface area contributed by atoms with E-state index in [1.54, 1.807) is 18.9 Å². The monoisotopic (exact) mass is 253 g/mol. The molecule has 1 aliphatic rings. The summed E-state index contributed by atoms with van der Waals surface area (Å²) in [5.74, 6) is 0.937. The summed E-state index contributed by atoms with van der Waals surface area (Å²) in [5.41, 5.74) is 2.40. The Morgan fingerprint density at radius 3 is 2.88 bits per heavy atom. The first-order valence-corrected chi connectivity index (χ1v) is 7.03. The lowest BCUT2D eigenvalue weighted by Crippen LogP contribution is -2.33. The minimum absolute atomic E-state index is 0.140. The molecular weight excluding hydrogens is 234 g/mol. The predicted molar refractivity (Wildman–Crippen MR) is 71.1 cm³/mol. The molecule has 1 atom stereocenters. The van der Waals surface area contributed by atoms with Crippen molar-refractivity contribution in [2.75, 3.05) is 33.1 Å². The molecule has 0 spiro atoms. The zero-order valence-corrected chi connectivity index (χ0v) is 11.4. The average Bonchev–Trinajstić information content (AvgIpc) is 2.39. The number of thioether (sulfide) groups is 1. The molecule has 1 fully saturated rings. The number of aryl methyl sites for hydroxylation is 1. The Hall–Kier alpha value is -0.710. The number of ether oxygens (including phenoxy) is 2. The maximum absolute atomic E-state index is 5.81. The minimum Gasteiger partial charge on any atom is -0.496 e.